The number of nitrogens with zero attached hydrogens (tertiary/aromatic N) is 2. The van der Waals surface area contributed by atoms with Gasteiger partial charge in [-0.1, -0.05) is 206 Å². The van der Waals surface area contributed by atoms with Crippen LogP contribution in [0.5, 0.6) is 0 Å². The topological polar surface area (TPSA) is 25.8 Å². The van der Waals surface area contributed by atoms with E-state index in [1.807, 2.05) is 11.3 Å². The van der Waals surface area contributed by atoms with Gasteiger partial charge in [-0.05, 0) is 103 Å². The van der Waals surface area contributed by atoms with Crippen LogP contribution in [-0.2, 0) is 5.41 Å². The molecule has 0 spiro atoms. The highest BCUT2D eigenvalue weighted by atomic mass is 32.1. The monoisotopic (exact) mass is 856 g/mol. The average Bonchev–Trinajstić information content (AvgIpc) is 3.92. The van der Waals surface area contributed by atoms with Gasteiger partial charge in [0, 0.05) is 36.9 Å². The molecule has 0 amide bonds. The van der Waals surface area contributed by atoms with Crippen LogP contribution in [-0.4, -0.2) is 9.97 Å². The molecule has 13 rings (SSSR count). The summed E-state index contributed by atoms with van der Waals surface area (Å²) in [6.07, 6.45) is 0. The molecule has 0 saturated heterocycles. The summed E-state index contributed by atoms with van der Waals surface area (Å²) < 4.78 is 2.56. The van der Waals surface area contributed by atoms with E-state index in [0.29, 0.717) is 5.82 Å². The number of benzene rings is 10. The molecule has 1 aliphatic carbocycles. The Bertz CT molecular complexity index is 3760. The fraction of sp³-hybridized carbons (Fsp3) is 0.0159. The molecule has 0 N–H and O–H groups in total. The number of thiophene rings is 1. The van der Waals surface area contributed by atoms with E-state index in [9.17, 15) is 0 Å². The second kappa shape index (κ2) is 15.5. The standard InChI is InChI=1S/C63H40N2S/c1-4-16-41(17-5-1)42-28-30-43(31-29-42)58-40-59(45-33-37-61-55(39-45)52-25-13-15-27-60(52)66-61)65-62(64-58)53-35-34-48(49-22-10-11-23-50(49)53)44-32-36-57-54(38-44)51-24-12-14-26-56(51)63(57,46-18-6-2-7-19-46)47-20-8-3-9-21-47/h1-40H. The van der Waals surface area contributed by atoms with Gasteiger partial charge in [0.1, 0.15) is 0 Å². The lowest BCUT2D eigenvalue weighted by molar-refractivity contribution is 0.768. The first-order chi connectivity index (χ1) is 32.7. The number of hydrogen-bond donors (Lipinski definition) is 0. The van der Waals surface area contributed by atoms with Gasteiger partial charge < -0.3 is 0 Å². The molecule has 0 saturated carbocycles. The molecule has 2 aromatic heterocycles. The lowest BCUT2D eigenvalue weighted by Crippen LogP contribution is -2.28. The first-order valence-corrected chi connectivity index (χ1v) is 23.4. The quantitative estimate of drug-likeness (QED) is 0.160. The zero-order valence-electron chi connectivity index (χ0n) is 35.9. The van der Waals surface area contributed by atoms with Crippen LogP contribution in [0, 0.1) is 0 Å². The smallest absolute Gasteiger partial charge is 0.161 e. The van der Waals surface area contributed by atoms with Crippen molar-refractivity contribution < 1.29 is 0 Å². The third-order valence-electron chi connectivity index (χ3n) is 13.6. The SMILES string of the molecule is c1ccc(-c2ccc(-c3cc(-c4ccc5sc6ccccc6c5c4)nc(-c4ccc(-c5ccc6c(c5)-c5ccccc5C6(c5ccccc5)c5ccccc5)c5ccccc45)n3)cc2)cc1. The normalized spacial score (nSPS) is 12.7. The zero-order valence-corrected chi connectivity index (χ0v) is 36.7. The molecule has 10 aromatic carbocycles. The molecule has 12 aromatic rings. The van der Waals surface area contributed by atoms with Gasteiger partial charge in [0.25, 0.3) is 0 Å². The summed E-state index contributed by atoms with van der Waals surface area (Å²) in [4.78, 5) is 10.8. The highest BCUT2D eigenvalue weighted by Crippen LogP contribution is 2.57. The maximum absolute atomic E-state index is 5.43. The van der Waals surface area contributed by atoms with E-state index in [1.165, 1.54) is 75.8 Å². The Morgan fingerprint density at radius 2 is 0.803 bits per heavy atom. The molecule has 308 valence electrons. The van der Waals surface area contributed by atoms with Crippen molar-refractivity contribution in [2.24, 2.45) is 0 Å². The summed E-state index contributed by atoms with van der Waals surface area (Å²) in [5.74, 6) is 0.700. The molecule has 2 nitrogen and oxygen atoms in total. The van der Waals surface area contributed by atoms with Crippen LogP contribution in [0.25, 0.3) is 98.2 Å². The van der Waals surface area contributed by atoms with Gasteiger partial charge in [-0.2, -0.15) is 0 Å². The number of fused-ring (bicyclic) bond motifs is 7. The van der Waals surface area contributed by atoms with Crippen molar-refractivity contribution in [1.82, 2.24) is 9.97 Å². The van der Waals surface area contributed by atoms with Gasteiger partial charge >= 0.3 is 0 Å². The van der Waals surface area contributed by atoms with Crippen LogP contribution >= 0.6 is 11.3 Å². The second-order valence-corrected chi connectivity index (χ2v) is 18.3. The third kappa shape index (κ3) is 6.09. The molecule has 3 heteroatoms. The van der Waals surface area contributed by atoms with E-state index in [0.717, 1.165) is 38.9 Å². The molecule has 66 heavy (non-hydrogen) atoms. The Kier molecular flexibility index (Phi) is 8.97. The summed E-state index contributed by atoms with van der Waals surface area (Å²) in [6, 6.07) is 88.2. The van der Waals surface area contributed by atoms with E-state index < -0.39 is 5.41 Å². The highest BCUT2D eigenvalue weighted by Gasteiger charge is 2.46. The molecule has 0 fully saturated rings. The van der Waals surface area contributed by atoms with Crippen LogP contribution in [0.3, 0.4) is 0 Å². The Labute approximate surface area is 387 Å². The van der Waals surface area contributed by atoms with E-state index >= 15 is 0 Å². The van der Waals surface area contributed by atoms with E-state index in [1.54, 1.807) is 0 Å². The number of hydrogen-bond acceptors (Lipinski definition) is 3. The summed E-state index contributed by atoms with van der Waals surface area (Å²) in [7, 11) is 0. The third-order valence-corrected chi connectivity index (χ3v) is 14.8. The van der Waals surface area contributed by atoms with Crippen molar-refractivity contribution in [2.45, 2.75) is 5.41 Å². The maximum Gasteiger partial charge on any atom is 0.161 e. The molecule has 2 heterocycles. The zero-order chi connectivity index (χ0) is 43.6. The Morgan fingerprint density at radius 1 is 0.288 bits per heavy atom. The van der Waals surface area contributed by atoms with Crippen LogP contribution in [0.2, 0.25) is 0 Å². The van der Waals surface area contributed by atoms with Crippen molar-refractivity contribution in [3.05, 3.63) is 265 Å². The molecule has 0 unspecified atom stereocenters. The van der Waals surface area contributed by atoms with Crippen molar-refractivity contribution in [2.75, 3.05) is 0 Å². The highest BCUT2D eigenvalue weighted by molar-refractivity contribution is 7.25. The molecule has 0 aliphatic heterocycles. The molecule has 0 radical (unpaired) electrons. The Morgan fingerprint density at radius 3 is 1.55 bits per heavy atom. The van der Waals surface area contributed by atoms with Crippen molar-refractivity contribution >= 4 is 42.3 Å². The van der Waals surface area contributed by atoms with Gasteiger partial charge in [-0.3, -0.25) is 0 Å². The van der Waals surface area contributed by atoms with Crippen molar-refractivity contribution in [1.29, 1.82) is 0 Å². The summed E-state index contributed by atoms with van der Waals surface area (Å²) in [6.45, 7) is 0. The number of aromatic nitrogens is 2. The van der Waals surface area contributed by atoms with Gasteiger partial charge in [-0.15, -0.1) is 11.3 Å². The summed E-state index contributed by atoms with van der Waals surface area (Å²) in [5.41, 5.74) is 16.8. The average molecular weight is 857 g/mol. The molecule has 1 aliphatic rings. The van der Waals surface area contributed by atoms with E-state index in [-0.39, 0.29) is 0 Å². The predicted molar refractivity (Wildman–Crippen MR) is 277 cm³/mol. The van der Waals surface area contributed by atoms with Gasteiger partial charge in [-0.25, -0.2) is 9.97 Å². The van der Waals surface area contributed by atoms with Gasteiger partial charge in [0.2, 0.25) is 0 Å². The molecule has 0 atom stereocenters. The fourth-order valence-electron chi connectivity index (χ4n) is 10.6. The van der Waals surface area contributed by atoms with E-state index in [2.05, 4.69) is 243 Å². The predicted octanol–water partition coefficient (Wildman–Crippen LogP) is 16.7. The van der Waals surface area contributed by atoms with Gasteiger partial charge in [0.05, 0.1) is 16.8 Å². The lowest BCUT2D eigenvalue weighted by Gasteiger charge is -2.33. The largest absolute Gasteiger partial charge is 0.228 e. The maximum atomic E-state index is 5.43. The first kappa shape index (κ1) is 38.2. The lowest BCUT2D eigenvalue weighted by atomic mass is 9.67. The minimum absolute atomic E-state index is 0.443. The molecular weight excluding hydrogens is 817 g/mol. The van der Waals surface area contributed by atoms with E-state index in [4.69, 9.17) is 9.97 Å². The fourth-order valence-corrected chi connectivity index (χ4v) is 11.7. The Hall–Kier alpha value is -8.24. The van der Waals surface area contributed by atoms with Crippen LogP contribution in [0.15, 0.2) is 243 Å². The molecule has 0 bridgehead atoms. The molecular formula is C63H40N2S. The van der Waals surface area contributed by atoms with Crippen LogP contribution in [0.1, 0.15) is 22.3 Å². The summed E-state index contributed by atoms with van der Waals surface area (Å²) >= 11 is 1.83. The van der Waals surface area contributed by atoms with Gasteiger partial charge in [0.15, 0.2) is 5.82 Å². The summed E-state index contributed by atoms with van der Waals surface area (Å²) in [5, 5.41) is 4.79. The van der Waals surface area contributed by atoms with Crippen molar-refractivity contribution in [3.63, 3.8) is 0 Å². The first-order valence-electron chi connectivity index (χ1n) is 22.6. The Balaban J connectivity index is 0.975. The van der Waals surface area contributed by atoms with Crippen LogP contribution < -0.4 is 0 Å². The van der Waals surface area contributed by atoms with Crippen LogP contribution in [0.4, 0.5) is 0 Å². The minimum Gasteiger partial charge on any atom is -0.228 e. The second-order valence-electron chi connectivity index (χ2n) is 17.2. The van der Waals surface area contributed by atoms with Crippen molar-refractivity contribution in [3.8, 4) is 67.3 Å². The minimum atomic E-state index is -0.443. The number of rotatable bonds is 7.